The molecule has 4 rings (SSSR count). The van der Waals surface area contributed by atoms with E-state index in [1.165, 1.54) is 6.07 Å². The molecule has 0 radical (unpaired) electrons. The van der Waals surface area contributed by atoms with Crippen LogP contribution in [0.2, 0.25) is 0 Å². The normalized spacial score (nSPS) is 16.0. The minimum absolute atomic E-state index is 0.225. The van der Waals surface area contributed by atoms with Gasteiger partial charge in [-0.2, -0.15) is 13.2 Å². The first-order chi connectivity index (χ1) is 16.6. The first-order valence-electron chi connectivity index (χ1n) is 11.1. The Morgan fingerprint density at radius 1 is 1.09 bits per heavy atom. The molecule has 1 aliphatic rings. The zero-order valence-electron chi connectivity index (χ0n) is 20.0. The van der Waals surface area contributed by atoms with E-state index in [-0.39, 0.29) is 5.41 Å². The number of anilines is 1. The largest absolute Gasteiger partial charge is 0.493 e. The summed E-state index contributed by atoms with van der Waals surface area (Å²) in [5.74, 6) is 2.02. The van der Waals surface area contributed by atoms with Crippen molar-refractivity contribution in [2.24, 2.45) is 5.41 Å². The van der Waals surface area contributed by atoms with E-state index < -0.39 is 17.8 Å². The molecule has 188 valence electrons. The monoisotopic (exact) mass is 491 g/mol. The van der Waals surface area contributed by atoms with Gasteiger partial charge in [0.2, 0.25) is 0 Å². The van der Waals surface area contributed by atoms with Crippen molar-refractivity contribution in [1.29, 1.82) is 0 Å². The Kier molecular flexibility index (Phi) is 7.05. The van der Waals surface area contributed by atoms with E-state index in [0.29, 0.717) is 66.0 Å². The zero-order chi connectivity index (χ0) is 25.2. The molecular formula is C25H28F3N3O4. The van der Waals surface area contributed by atoms with Crippen LogP contribution >= 0.6 is 0 Å². The van der Waals surface area contributed by atoms with Gasteiger partial charge in [0.25, 0.3) is 0 Å². The van der Waals surface area contributed by atoms with Crippen LogP contribution in [-0.4, -0.2) is 50.6 Å². The molecule has 0 aliphatic carbocycles. The highest BCUT2D eigenvalue weighted by molar-refractivity contribution is 5.92. The molecule has 10 heteroatoms. The second kappa shape index (κ2) is 9.87. The second-order valence-corrected chi connectivity index (χ2v) is 8.84. The van der Waals surface area contributed by atoms with E-state index in [9.17, 15) is 13.2 Å². The highest BCUT2D eigenvalue weighted by Gasteiger charge is 2.40. The average Bonchev–Trinajstić information content (AvgIpc) is 2.79. The van der Waals surface area contributed by atoms with Gasteiger partial charge in [-0.15, -0.1) is 0 Å². The van der Waals surface area contributed by atoms with Crippen LogP contribution in [0.1, 0.15) is 29.9 Å². The van der Waals surface area contributed by atoms with Gasteiger partial charge in [-0.25, -0.2) is 9.97 Å². The number of rotatable bonds is 9. The smallest absolute Gasteiger partial charge is 0.416 e. The quantitative estimate of drug-likeness (QED) is 0.442. The number of hydrogen-bond acceptors (Lipinski definition) is 7. The third-order valence-corrected chi connectivity index (χ3v) is 5.96. The van der Waals surface area contributed by atoms with Crippen molar-refractivity contribution in [2.45, 2.75) is 26.1 Å². The molecule has 0 spiro atoms. The third-order valence-electron chi connectivity index (χ3n) is 5.96. The minimum atomic E-state index is -4.41. The maximum atomic E-state index is 13.2. The molecule has 1 saturated heterocycles. The molecule has 3 aromatic rings. The summed E-state index contributed by atoms with van der Waals surface area (Å²) in [5.41, 5.74) is 0.190. The first-order valence-corrected chi connectivity index (χ1v) is 11.1. The number of halogens is 3. The molecule has 0 amide bonds. The summed E-state index contributed by atoms with van der Waals surface area (Å²) in [6, 6.07) is 8.35. The van der Waals surface area contributed by atoms with Crippen molar-refractivity contribution in [2.75, 3.05) is 46.0 Å². The van der Waals surface area contributed by atoms with Gasteiger partial charge < -0.3 is 24.3 Å². The SMILES string of the molecule is COCC1(COc2cc3c(N[C@H](C)c4cccc(C(F)(F)F)c4)nc(C)nc3cc2OC)COC1. The van der Waals surface area contributed by atoms with Crippen LogP contribution in [-0.2, 0) is 15.7 Å². The Hall–Kier alpha value is -3.11. The number of fused-ring (bicyclic) bond motifs is 1. The third kappa shape index (κ3) is 5.43. The Morgan fingerprint density at radius 3 is 2.49 bits per heavy atom. The van der Waals surface area contributed by atoms with Crippen LogP contribution < -0.4 is 14.8 Å². The van der Waals surface area contributed by atoms with E-state index >= 15 is 0 Å². The number of nitrogens with zero attached hydrogens (tertiary/aromatic N) is 2. The highest BCUT2D eigenvalue weighted by Crippen LogP contribution is 2.38. The number of nitrogens with one attached hydrogen (secondary N) is 1. The molecule has 0 saturated carbocycles. The summed E-state index contributed by atoms with van der Waals surface area (Å²) in [6.45, 7) is 5.50. The fraction of sp³-hybridized carbons (Fsp3) is 0.440. The zero-order valence-corrected chi connectivity index (χ0v) is 20.0. The van der Waals surface area contributed by atoms with Gasteiger partial charge >= 0.3 is 6.18 Å². The fourth-order valence-electron chi connectivity index (χ4n) is 4.04. The lowest BCUT2D eigenvalue weighted by Crippen LogP contribution is -2.50. The molecule has 1 aromatic heterocycles. The number of aromatic nitrogens is 2. The summed E-state index contributed by atoms with van der Waals surface area (Å²) in [7, 11) is 3.19. The summed E-state index contributed by atoms with van der Waals surface area (Å²) < 4.78 is 61.9. The maximum Gasteiger partial charge on any atom is 0.416 e. The fourth-order valence-corrected chi connectivity index (χ4v) is 4.04. The average molecular weight is 492 g/mol. The van der Waals surface area contributed by atoms with Gasteiger partial charge in [-0.1, -0.05) is 12.1 Å². The molecule has 35 heavy (non-hydrogen) atoms. The first kappa shape index (κ1) is 25.0. The van der Waals surface area contributed by atoms with Crippen LogP contribution in [0.15, 0.2) is 36.4 Å². The molecule has 0 unspecified atom stereocenters. The van der Waals surface area contributed by atoms with Gasteiger partial charge in [0, 0.05) is 24.6 Å². The summed E-state index contributed by atoms with van der Waals surface area (Å²) in [6.07, 6.45) is -4.41. The van der Waals surface area contributed by atoms with Crippen molar-refractivity contribution >= 4 is 16.7 Å². The van der Waals surface area contributed by atoms with Gasteiger partial charge in [-0.05, 0) is 37.6 Å². The topological polar surface area (TPSA) is 74.7 Å². The molecule has 1 fully saturated rings. The lowest BCUT2D eigenvalue weighted by molar-refractivity contribution is -0.159. The number of ether oxygens (including phenoxy) is 4. The Balaban J connectivity index is 1.65. The Labute approximate surface area is 201 Å². The maximum absolute atomic E-state index is 13.2. The predicted octanol–water partition coefficient (Wildman–Crippen LogP) is 5.18. The summed E-state index contributed by atoms with van der Waals surface area (Å²) in [4.78, 5) is 9.02. The molecule has 0 bridgehead atoms. The van der Waals surface area contributed by atoms with Gasteiger partial charge in [-0.3, -0.25) is 0 Å². The molecular weight excluding hydrogens is 463 g/mol. The number of benzene rings is 2. The molecule has 2 heterocycles. The van der Waals surface area contributed by atoms with E-state index in [1.54, 1.807) is 46.3 Å². The van der Waals surface area contributed by atoms with Crippen LogP contribution in [0.5, 0.6) is 11.5 Å². The second-order valence-electron chi connectivity index (χ2n) is 8.84. The molecule has 1 N–H and O–H groups in total. The van der Waals surface area contributed by atoms with Crippen molar-refractivity contribution in [1.82, 2.24) is 9.97 Å². The number of methoxy groups -OCH3 is 2. The lowest BCUT2D eigenvalue weighted by Gasteiger charge is -2.40. The van der Waals surface area contributed by atoms with E-state index in [0.717, 1.165) is 12.1 Å². The Morgan fingerprint density at radius 2 is 1.86 bits per heavy atom. The van der Waals surface area contributed by atoms with Crippen molar-refractivity contribution < 1.29 is 32.1 Å². The van der Waals surface area contributed by atoms with Crippen LogP contribution in [0.4, 0.5) is 19.0 Å². The van der Waals surface area contributed by atoms with Crippen LogP contribution in [0.3, 0.4) is 0 Å². The van der Waals surface area contributed by atoms with E-state index in [2.05, 4.69) is 15.3 Å². The predicted molar refractivity (Wildman–Crippen MR) is 125 cm³/mol. The molecule has 2 aromatic carbocycles. The molecule has 1 atom stereocenters. The number of aryl methyl sites for hydroxylation is 1. The van der Waals surface area contributed by atoms with Crippen molar-refractivity contribution in [3.63, 3.8) is 0 Å². The van der Waals surface area contributed by atoms with Gasteiger partial charge in [0.1, 0.15) is 18.2 Å². The van der Waals surface area contributed by atoms with Gasteiger partial charge in [0.05, 0.1) is 43.4 Å². The summed E-state index contributed by atoms with van der Waals surface area (Å²) in [5, 5.41) is 3.91. The van der Waals surface area contributed by atoms with E-state index in [1.807, 2.05) is 0 Å². The van der Waals surface area contributed by atoms with Crippen molar-refractivity contribution in [3.8, 4) is 11.5 Å². The van der Waals surface area contributed by atoms with Crippen LogP contribution in [0, 0.1) is 12.3 Å². The van der Waals surface area contributed by atoms with Gasteiger partial charge in [0.15, 0.2) is 11.5 Å². The lowest BCUT2D eigenvalue weighted by atomic mass is 9.88. The molecule has 7 nitrogen and oxygen atoms in total. The minimum Gasteiger partial charge on any atom is -0.493 e. The van der Waals surface area contributed by atoms with Crippen molar-refractivity contribution in [3.05, 3.63) is 53.3 Å². The van der Waals surface area contributed by atoms with Crippen LogP contribution in [0.25, 0.3) is 10.9 Å². The highest BCUT2D eigenvalue weighted by atomic mass is 19.4. The standard InChI is InChI=1S/C25H28F3N3O4/c1-15(17-6-5-7-18(8-17)25(26,27)28)29-23-19-9-22(35-14-24(11-32-3)12-34-13-24)21(33-4)10-20(19)30-16(2)31-23/h5-10,15H,11-14H2,1-4H3,(H,29,30,31)/t15-/m1/s1. The van der Waals surface area contributed by atoms with E-state index in [4.69, 9.17) is 18.9 Å². The number of hydrogen-bond donors (Lipinski definition) is 1. The number of alkyl halides is 3. The Bertz CT molecular complexity index is 1200. The molecule has 1 aliphatic heterocycles. The summed E-state index contributed by atoms with van der Waals surface area (Å²) >= 11 is 0.